The van der Waals surface area contributed by atoms with Crippen LogP contribution in [0, 0.1) is 0 Å². The molecule has 0 unspecified atom stereocenters. The van der Waals surface area contributed by atoms with Gasteiger partial charge in [-0.1, -0.05) is 54.1 Å². The van der Waals surface area contributed by atoms with Gasteiger partial charge in [0, 0.05) is 46.4 Å². The summed E-state index contributed by atoms with van der Waals surface area (Å²) >= 11 is 11.2. The average molecular weight is 590 g/mol. The molecular weight excluding hydrogens is 562 g/mol. The Morgan fingerprint density at radius 3 is 2.62 bits per heavy atom. The van der Waals surface area contributed by atoms with Crippen molar-refractivity contribution >= 4 is 67.2 Å². The molecule has 0 saturated carbocycles. The molecule has 0 fully saturated rings. The van der Waals surface area contributed by atoms with E-state index in [1.807, 2.05) is 30.3 Å². The second-order valence-corrected chi connectivity index (χ2v) is 13.3. The van der Waals surface area contributed by atoms with E-state index in [9.17, 15) is 4.79 Å². The second-order valence-electron chi connectivity index (χ2n) is 9.60. The monoisotopic (exact) mass is 589 g/mol. The molecule has 3 heterocycles. The first-order valence-corrected chi connectivity index (χ1v) is 16.1. The molecule has 0 aliphatic carbocycles. The van der Waals surface area contributed by atoms with Gasteiger partial charge in [-0.25, -0.2) is 4.98 Å². The van der Waals surface area contributed by atoms with Crippen LogP contribution in [0.25, 0.3) is 20.8 Å². The lowest BCUT2D eigenvalue weighted by Crippen LogP contribution is -2.29. The summed E-state index contributed by atoms with van der Waals surface area (Å²) in [5.74, 6) is 0.948. The number of nitrogens with one attached hydrogen (secondary N) is 1. The van der Waals surface area contributed by atoms with Crippen LogP contribution in [0.1, 0.15) is 28.8 Å². The number of benzene rings is 3. The molecule has 0 atom stereocenters. The highest BCUT2D eigenvalue weighted by Crippen LogP contribution is 2.46. The van der Waals surface area contributed by atoms with Crippen molar-refractivity contribution in [2.45, 2.75) is 37.2 Å². The van der Waals surface area contributed by atoms with Crippen molar-refractivity contribution in [3.8, 4) is 10.6 Å². The van der Waals surface area contributed by atoms with Gasteiger partial charge in [-0.05, 0) is 66.1 Å². The number of anilines is 1. The summed E-state index contributed by atoms with van der Waals surface area (Å²) in [4.78, 5) is 23.1. The van der Waals surface area contributed by atoms with E-state index in [1.54, 1.807) is 34.4 Å². The van der Waals surface area contributed by atoms with Gasteiger partial charge < -0.3 is 5.32 Å². The van der Waals surface area contributed by atoms with E-state index >= 15 is 0 Å². The van der Waals surface area contributed by atoms with Crippen LogP contribution in [0.4, 0.5) is 5.00 Å². The van der Waals surface area contributed by atoms with Gasteiger partial charge in [0.2, 0.25) is 5.91 Å². The molecule has 0 saturated heterocycles. The van der Waals surface area contributed by atoms with Crippen LogP contribution in [0.15, 0.2) is 83.8 Å². The number of fused-ring (bicyclic) bond motifs is 2. The number of para-hydroxylation sites is 1. The van der Waals surface area contributed by atoms with Crippen LogP contribution in [0.5, 0.6) is 0 Å². The number of aromatic nitrogens is 1. The second kappa shape index (κ2) is 12.2. The zero-order valence-electron chi connectivity index (χ0n) is 21.4. The van der Waals surface area contributed by atoms with E-state index in [1.165, 1.54) is 25.6 Å². The molecule has 4 nitrogen and oxygen atoms in total. The molecule has 1 N–H and O–H groups in total. The Balaban J connectivity index is 1.19. The molecule has 1 aliphatic rings. The Bertz CT molecular complexity index is 1550. The Kier molecular flexibility index (Phi) is 8.32. The molecule has 0 spiro atoms. The third kappa shape index (κ3) is 6.39. The third-order valence-electron chi connectivity index (χ3n) is 6.78. The van der Waals surface area contributed by atoms with Gasteiger partial charge in [-0.15, -0.1) is 34.4 Å². The molecule has 1 aliphatic heterocycles. The van der Waals surface area contributed by atoms with Crippen molar-refractivity contribution in [3.05, 3.63) is 99.9 Å². The number of thioether (sulfide) groups is 1. The van der Waals surface area contributed by atoms with E-state index in [4.69, 9.17) is 16.6 Å². The predicted molar refractivity (Wildman–Crippen MR) is 167 cm³/mol. The van der Waals surface area contributed by atoms with E-state index in [0.29, 0.717) is 6.42 Å². The highest BCUT2D eigenvalue weighted by molar-refractivity contribution is 7.99. The number of thiophene rings is 1. The molecule has 6 rings (SSSR count). The van der Waals surface area contributed by atoms with Crippen molar-refractivity contribution in [2.75, 3.05) is 17.6 Å². The van der Waals surface area contributed by atoms with Crippen LogP contribution < -0.4 is 5.32 Å². The fourth-order valence-electron chi connectivity index (χ4n) is 4.87. The molecule has 0 bridgehead atoms. The molecule has 39 heavy (non-hydrogen) atoms. The van der Waals surface area contributed by atoms with Crippen molar-refractivity contribution in [2.24, 2.45) is 0 Å². The number of halogens is 1. The van der Waals surface area contributed by atoms with Gasteiger partial charge in [0.1, 0.15) is 10.0 Å². The van der Waals surface area contributed by atoms with E-state index in [-0.39, 0.29) is 5.91 Å². The van der Waals surface area contributed by atoms with Crippen molar-refractivity contribution < 1.29 is 4.79 Å². The van der Waals surface area contributed by atoms with Gasteiger partial charge in [0.15, 0.2) is 0 Å². The minimum Gasteiger partial charge on any atom is -0.317 e. The Labute approximate surface area is 246 Å². The summed E-state index contributed by atoms with van der Waals surface area (Å²) < 4.78 is 1.17. The third-order valence-corrected chi connectivity index (χ3v) is 10.3. The quantitative estimate of drug-likeness (QED) is 0.138. The molecule has 8 heteroatoms. The Hall–Kier alpha value is -2.68. The number of carbonyl (C=O) groups is 1. The number of hydrogen-bond donors (Lipinski definition) is 1. The zero-order chi connectivity index (χ0) is 26.6. The predicted octanol–water partition coefficient (Wildman–Crippen LogP) is 8.75. The highest BCUT2D eigenvalue weighted by atomic mass is 35.5. The summed E-state index contributed by atoms with van der Waals surface area (Å²) in [5.41, 5.74) is 4.81. The van der Waals surface area contributed by atoms with Gasteiger partial charge in [-0.3, -0.25) is 9.69 Å². The molecule has 0 radical (unpaired) electrons. The summed E-state index contributed by atoms with van der Waals surface area (Å²) in [6.07, 6.45) is 2.26. The highest BCUT2D eigenvalue weighted by Gasteiger charge is 2.27. The Morgan fingerprint density at radius 1 is 1.00 bits per heavy atom. The van der Waals surface area contributed by atoms with E-state index in [0.717, 1.165) is 64.3 Å². The maximum atomic E-state index is 13.1. The number of carbonyl (C=O) groups excluding carboxylic acids is 1. The van der Waals surface area contributed by atoms with Gasteiger partial charge >= 0.3 is 0 Å². The SMILES string of the molecule is O=C(CCCSc1ccc(Cl)cc1)Nc1sc2c(c1-c1nc3ccccc3s1)CCN(Cc1ccccc1)C2. The lowest BCUT2D eigenvalue weighted by atomic mass is 10.0. The first-order valence-electron chi connectivity index (χ1n) is 13.1. The van der Waals surface area contributed by atoms with Gasteiger partial charge in [0.25, 0.3) is 0 Å². The minimum absolute atomic E-state index is 0.0637. The van der Waals surface area contributed by atoms with Crippen LogP contribution >= 0.6 is 46.0 Å². The van der Waals surface area contributed by atoms with Gasteiger partial charge in [0.05, 0.1) is 10.2 Å². The standard InChI is InChI=1S/C31H28ClN3OS3/c32-22-12-14-23(15-13-22)37-18-6-11-28(36)34-31-29(30-33-25-9-4-5-10-26(25)38-30)24-16-17-35(20-27(24)39-31)19-21-7-2-1-3-8-21/h1-5,7-10,12-15H,6,11,16-20H2,(H,34,36). The smallest absolute Gasteiger partial charge is 0.225 e. The van der Waals surface area contributed by atoms with E-state index in [2.05, 4.69) is 58.7 Å². The average Bonchev–Trinajstić information content (AvgIpc) is 3.53. The molecule has 198 valence electrons. The number of hydrogen-bond acceptors (Lipinski definition) is 6. The number of rotatable bonds is 9. The minimum atomic E-state index is 0.0637. The largest absolute Gasteiger partial charge is 0.317 e. The van der Waals surface area contributed by atoms with Crippen LogP contribution in [0.2, 0.25) is 5.02 Å². The molecule has 3 aromatic carbocycles. The van der Waals surface area contributed by atoms with Gasteiger partial charge in [-0.2, -0.15) is 0 Å². The summed E-state index contributed by atoms with van der Waals surface area (Å²) in [5, 5.41) is 5.96. The topological polar surface area (TPSA) is 45.2 Å². The van der Waals surface area contributed by atoms with Crippen LogP contribution in [-0.2, 0) is 24.3 Å². The Morgan fingerprint density at radius 2 is 1.79 bits per heavy atom. The number of thiazole rings is 1. The number of amides is 1. The first-order chi connectivity index (χ1) is 19.1. The summed E-state index contributed by atoms with van der Waals surface area (Å²) in [6.45, 7) is 2.81. The lowest BCUT2D eigenvalue weighted by molar-refractivity contribution is -0.116. The fourth-order valence-corrected chi connectivity index (χ4v) is 8.26. The number of nitrogens with zero attached hydrogens (tertiary/aromatic N) is 2. The lowest BCUT2D eigenvalue weighted by Gasteiger charge is -2.27. The van der Waals surface area contributed by atoms with Crippen molar-refractivity contribution in [1.82, 2.24) is 9.88 Å². The molecule has 1 amide bonds. The molecule has 5 aromatic rings. The summed E-state index contributed by atoms with van der Waals surface area (Å²) in [6, 6.07) is 26.8. The fraction of sp³-hybridized carbons (Fsp3) is 0.226. The maximum Gasteiger partial charge on any atom is 0.225 e. The normalized spacial score (nSPS) is 13.5. The van der Waals surface area contributed by atoms with Crippen molar-refractivity contribution in [1.29, 1.82) is 0 Å². The first kappa shape index (κ1) is 26.5. The van der Waals surface area contributed by atoms with Crippen LogP contribution in [0.3, 0.4) is 0 Å². The molecular formula is C31H28ClN3OS3. The van der Waals surface area contributed by atoms with E-state index < -0.39 is 0 Å². The van der Waals surface area contributed by atoms with Crippen molar-refractivity contribution in [3.63, 3.8) is 0 Å². The maximum absolute atomic E-state index is 13.1. The molecule has 2 aromatic heterocycles. The van der Waals surface area contributed by atoms with Crippen LogP contribution in [-0.4, -0.2) is 28.1 Å². The zero-order valence-corrected chi connectivity index (χ0v) is 24.6. The summed E-state index contributed by atoms with van der Waals surface area (Å²) in [7, 11) is 0.